The summed E-state index contributed by atoms with van der Waals surface area (Å²) in [4.78, 5) is 23.4. The standard InChI is InChI=1S/C15H13N3.C4H4O4/c16-13-7-8-18-15(14(13)17)12-6-5-10-3-1-2-4-11(10)9-12;5-3(6)1-2-4(7)8/h1-9H,17H2,(H2,16,18);1-2H,(H,5,6)(H,7,8). The van der Waals surface area contributed by atoms with Gasteiger partial charge in [0.1, 0.15) is 0 Å². The van der Waals surface area contributed by atoms with Gasteiger partial charge in [0.25, 0.3) is 0 Å². The number of carboxylic acid groups (broad SMARTS) is 2. The highest BCUT2D eigenvalue weighted by Gasteiger charge is 2.07. The molecule has 1 heterocycles. The minimum Gasteiger partial charge on any atom is -0.478 e. The number of nitrogens with zero attached hydrogens (tertiary/aromatic N) is 1. The number of nitrogens with two attached hydrogens (primary N) is 2. The fourth-order valence-electron chi connectivity index (χ4n) is 2.20. The van der Waals surface area contributed by atoms with Crippen molar-refractivity contribution in [3.8, 4) is 11.3 Å². The Bertz CT molecular complexity index is 967. The molecule has 132 valence electrons. The molecule has 0 fully saturated rings. The predicted octanol–water partition coefficient (Wildman–Crippen LogP) is 2.78. The number of aromatic nitrogens is 1. The molecule has 6 N–H and O–H groups in total. The van der Waals surface area contributed by atoms with Crippen LogP contribution in [0.1, 0.15) is 0 Å². The largest absolute Gasteiger partial charge is 0.478 e. The van der Waals surface area contributed by atoms with Gasteiger partial charge in [0.15, 0.2) is 0 Å². The highest BCUT2D eigenvalue weighted by molar-refractivity contribution is 5.90. The number of hydrogen-bond acceptors (Lipinski definition) is 5. The number of pyridine rings is 1. The SMILES string of the molecule is Nc1ccnc(-c2ccc3ccccc3c2)c1N.O=C(O)C=CC(=O)O. The second-order valence-electron chi connectivity index (χ2n) is 5.23. The molecule has 0 aliphatic rings. The van der Waals surface area contributed by atoms with Gasteiger partial charge in [0.2, 0.25) is 0 Å². The Morgan fingerprint density at radius 2 is 1.50 bits per heavy atom. The minimum atomic E-state index is -1.26. The summed E-state index contributed by atoms with van der Waals surface area (Å²) in [5.41, 5.74) is 14.6. The van der Waals surface area contributed by atoms with Crippen LogP contribution in [0.15, 0.2) is 66.9 Å². The molecular weight excluding hydrogens is 334 g/mol. The second-order valence-corrected chi connectivity index (χ2v) is 5.23. The van der Waals surface area contributed by atoms with Gasteiger partial charge < -0.3 is 21.7 Å². The average Bonchev–Trinajstić information content (AvgIpc) is 2.62. The van der Waals surface area contributed by atoms with E-state index in [2.05, 4.69) is 29.2 Å². The maximum absolute atomic E-state index is 9.55. The Morgan fingerprint density at radius 3 is 2.12 bits per heavy atom. The lowest BCUT2D eigenvalue weighted by Gasteiger charge is -2.08. The van der Waals surface area contributed by atoms with E-state index in [4.69, 9.17) is 21.7 Å². The van der Waals surface area contributed by atoms with Crippen molar-refractivity contribution in [2.45, 2.75) is 0 Å². The number of fused-ring (bicyclic) bond motifs is 1. The monoisotopic (exact) mass is 351 g/mol. The highest BCUT2D eigenvalue weighted by atomic mass is 16.4. The highest BCUT2D eigenvalue weighted by Crippen LogP contribution is 2.29. The normalized spacial score (nSPS) is 10.3. The van der Waals surface area contributed by atoms with Crippen LogP contribution in [0.25, 0.3) is 22.0 Å². The van der Waals surface area contributed by atoms with Crippen LogP contribution < -0.4 is 11.5 Å². The summed E-state index contributed by atoms with van der Waals surface area (Å²) in [6.07, 6.45) is 2.79. The smallest absolute Gasteiger partial charge is 0.328 e. The number of aliphatic carboxylic acids is 2. The molecule has 3 rings (SSSR count). The van der Waals surface area contributed by atoms with Gasteiger partial charge in [0, 0.05) is 23.9 Å². The molecule has 1 aromatic heterocycles. The molecule has 0 spiro atoms. The fourth-order valence-corrected chi connectivity index (χ4v) is 2.20. The van der Waals surface area contributed by atoms with Crippen LogP contribution in [0.2, 0.25) is 0 Å². The van der Waals surface area contributed by atoms with E-state index in [0.717, 1.165) is 11.3 Å². The minimum absolute atomic E-state index is 0.535. The van der Waals surface area contributed by atoms with Gasteiger partial charge in [-0.3, -0.25) is 4.98 Å². The first-order chi connectivity index (χ1) is 12.4. The third-order valence-electron chi connectivity index (χ3n) is 3.42. The number of hydrogen-bond donors (Lipinski definition) is 4. The number of benzene rings is 2. The van der Waals surface area contributed by atoms with E-state index in [1.165, 1.54) is 10.8 Å². The van der Waals surface area contributed by atoms with Crippen molar-refractivity contribution < 1.29 is 19.8 Å². The summed E-state index contributed by atoms with van der Waals surface area (Å²) in [5, 5.41) is 18.0. The average molecular weight is 351 g/mol. The van der Waals surface area contributed by atoms with Crippen molar-refractivity contribution in [2.24, 2.45) is 0 Å². The zero-order chi connectivity index (χ0) is 19.1. The molecule has 0 radical (unpaired) electrons. The van der Waals surface area contributed by atoms with Gasteiger partial charge in [-0.1, -0.05) is 36.4 Å². The van der Waals surface area contributed by atoms with Crippen LogP contribution in [0.5, 0.6) is 0 Å². The Hall–Kier alpha value is -3.87. The molecule has 7 nitrogen and oxygen atoms in total. The van der Waals surface area contributed by atoms with Crippen molar-refractivity contribution in [2.75, 3.05) is 11.5 Å². The molecule has 2 aromatic carbocycles. The van der Waals surface area contributed by atoms with Crippen molar-refractivity contribution in [3.05, 3.63) is 66.9 Å². The van der Waals surface area contributed by atoms with Crippen LogP contribution in [0, 0.1) is 0 Å². The predicted molar refractivity (Wildman–Crippen MR) is 100 cm³/mol. The van der Waals surface area contributed by atoms with Crippen molar-refractivity contribution in [3.63, 3.8) is 0 Å². The van der Waals surface area contributed by atoms with Gasteiger partial charge >= 0.3 is 11.9 Å². The first kappa shape index (κ1) is 18.5. The summed E-state index contributed by atoms with van der Waals surface area (Å²) in [6, 6.07) is 16.1. The Kier molecular flexibility index (Phi) is 5.89. The van der Waals surface area contributed by atoms with E-state index in [0.29, 0.717) is 23.5 Å². The van der Waals surface area contributed by atoms with Gasteiger partial charge in [-0.15, -0.1) is 0 Å². The van der Waals surface area contributed by atoms with Crippen LogP contribution >= 0.6 is 0 Å². The molecule has 0 saturated carbocycles. The second kappa shape index (κ2) is 8.29. The van der Waals surface area contributed by atoms with E-state index in [1.807, 2.05) is 18.2 Å². The molecule has 7 heteroatoms. The molecule has 0 unspecified atom stereocenters. The third kappa shape index (κ3) is 4.81. The Morgan fingerprint density at radius 1 is 0.885 bits per heavy atom. The fraction of sp³-hybridized carbons (Fsp3) is 0. The molecule has 0 amide bonds. The maximum Gasteiger partial charge on any atom is 0.328 e. The summed E-state index contributed by atoms with van der Waals surface area (Å²) < 4.78 is 0. The maximum atomic E-state index is 9.55. The molecule has 26 heavy (non-hydrogen) atoms. The van der Waals surface area contributed by atoms with Crippen LogP contribution in [-0.2, 0) is 9.59 Å². The van der Waals surface area contributed by atoms with Crippen molar-refractivity contribution >= 4 is 34.1 Å². The summed E-state index contributed by atoms with van der Waals surface area (Å²) in [6.45, 7) is 0. The summed E-state index contributed by atoms with van der Waals surface area (Å²) in [5.74, 6) is -2.51. The molecule has 0 saturated heterocycles. The van der Waals surface area contributed by atoms with Gasteiger partial charge in [0.05, 0.1) is 17.1 Å². The molecule has 0 aliphatic carbocycles. The van der Waals surface area contributed by atoms with E-state index in [9.17, 15) is 9.59 Å². The molecule has 0 atom stereocenters. The summed E-state index contributed by atoms with van der Waals surface area (Å²) in [7, 11) is 0. The lowest BCUT2D eigenvalue weighted by atomic mass is 10.0. The molecule has 3 aromatic rings. The number of carboxylic acids is 2. The number of nitrogen functional groups attached to an aromatic ring is 2. The van der Waals surface area contributed by atoms with Gasteiger partial charge in [-0.25, -0.2) is 9.59 Å². The first-order valence-electron chi connectivity index (χ1n) is 7.51. The van der Waals surface area contributed by atoms with E-state index in [-0.39, 0.29) is 0 Å². The lowest BCUT2D eigenvalue weighted by molar-refractivity contribution is -0.134. The summed E-state index contributed by atoms with van der Waals surface area (Å²) >= 11 is 0. The molecular formula is C19H17N3O4. The Labute approximate surface area is 149 Å². The number of carbonyl (C=O) groups is 2. The lowest BCUT2D eigenvalue weighted by Crippen LogP contribution is -1.98. The quantitative estimate of drug-likeness (QED) is 0.532. The number of anilines is 2. The molecule has 0 bridgehead atoms. The van der Waals surface area contributed by atoms with Crippen LogP contribution in [0.4, 0.5) is 11.4 Å². The first-order valence-corrected chi connectivity index (χ1v) is 7.51. The zero-order valence-electron chi connectivity index (χ0n) is 13.7. The molecule has 0 aliphatic heterocycles. The van der Waals surface area contributed by atoms with E-state index >= 15 is 0 Å². The topological polar surface area (TPSA) is 140 Å². The van der Waals surface area contributed by atoms with Gasteiger partial charge in [-0.05, 0) is 22.9 Å². The zero-order valence-corrected chi connectivity index (χ0v) is 13.7. The van der Waals surface area contributed by atoms with E-state index in [1.54, 1.807) is 12.3 Å². The number of rotatable bonds is 3. The van der Waals surface area contributed by atoms with Crippen LogP contribution in [-0.4, -0.2) is 27.1 Å². The van der Waals surface area contributed by atoms with E-state index < -0.39 is 11.9 Å². The Balaban J connectivity index is 0.000000260. The van der Waals surface area contributed by atoms with Crippen molar-refractivity contribution in [1.29, 1.82) is 0 Å². The van der Waals surface area contributed by atoms with Gasteiger partial charge in [-0.2, -0.15) is 0 Å². The van der Waals surface area contributed by atoms with Crippen LogP contribution in [0.3, 0.4) is 0 Å². The van der Waals surface area contributed by atoms with Crippen molar-refractivity contribution in [1.82, 2.24) is 4.98 Å². The third-order valence-corrected chi connectivity index (χ3v) is 3.42.